The van der Waals surface area contributed by atoms with Crippen LogP contribution in [-0.2, 0) is 26.0 Å². The molecule has 7 nitrogen and oxygen atoms in total. The highest BCUT2D eigenvalue weighted by molar-refractivity contribution is 7.89. The molecule has 0 aliphatic heterocycles. The van der Waals surface area contributed by atoms with Crippen molar-refractivity contribution in [3.63, 3.8) is 0 Å². The number of benzene rings is 2. The number of amides is 1. The van der Waals surface area contributed by atoms with Gasteiger partial charge in [0.15, 0.2) is 0 Å². The van der Waals surface area contributed by atoms with Crippen LogP contribution in [0.2, 0.25) is 0 Å². The minimum absolute atomic E-state index is 0.0463. The average Bonchev–Trinajstić information content (AvgIpc) is 2.60. The fourth-order valence-corrected chi connectivity index (χ4v) is 3.88. The molecule has 0 aromatic heterocycles. The predicted octanol–water partition coefficient (Wildman–Crippen LogP) is 2.40. The monoisotopic (exact) mass is 390 g/mol. The van der Waals surface area contributed by atoms with Crippen LogP contribution in [0, 0.1) is 0 Å². The van der Waals surface area contributed by atoms with Crippen molar-refractivity contribution in [1.29, 1.82) is 0 Å². The van der Waals surface area contributed by atoms with Crippen LogP contribution in [0.5, 0.6) is 0 Å². The van der Waals surface area contributed by atoms with E-state index in [1.807, 2.05) is 30.3 Å². The number of anilines is 1. The lowest BCUT2D eigenvalue weighted by Crippen LogP contribution is -2.36. The van der Waals surface area contributed by atoms with Crippen molar-refractivity contribution in [3.05, 3.63) is 60.2 Å². The lowest BCUT2D eigenvalue weighted by molar-refractivity contribution is -0.137. The number of carboxylic acid groups (broad SMARTS) is 1. The third-order valence-corrected chi connectivity index (χ3v) is 5.37. The highest BCUT2D eigenvalue weighted by Crippen LogP contribution is 2.16. The Morgan fingerprint density at radius 3 is 2.22 bits per heavy atom. The molecular formula is C19H22N2O5S. The Labute approximate surface area is 158 Å². The van der Waals surface area contributed by atoms with Crippen molar-refractivity contribution in [2.45, 2.75) is 37.1 Å². The summed E-state index contributed by atoms with van der Waals surface area (Å²) in [5.74, 6) is -1.23. The number of hydrogen-bond acceptors (Lipinski definition) is 4. The van der Waals surface area contributed by atoms with Crippen LogP contribution in [0.4, 0.5) is 5.69 Å². The molecule has 27 heavy (non-hydrogen) atoms. The summed E-state index contributed by atoms with van der Waals surface area (Å²) >= 11 is 0. The number of carbonyl (C=O) groups excluding carboxylic acids is 1. The van der Waals surface area contributed by atoms with Gasteiger partial charge in [-0.05, 0) is 42.7 Å². The van der Waals surface area contributed by atoms with E-state index >= 15 is 0 Å². The third-order valence-electron chi connectivity index (χ3n) is 3.84. The van der Waals surface area contributed by atoms with E-state index in [0.717, 1.165) is 5.56 Å². The molecule has 0 fully saturated rings. The summed E-state index contributed by atoms with van der Waals surface area (Å²) in [6.45, 7) is 1.36. The van der Waals surface area contributed by atoms with Gasteiger partial charge in [-0.15, -0.1) is 0 Å². The summed E-state index contributed by atoms with van der Waals surface area (Å²) in [5.41, 5.74) is 1.41. The number of rotatable bonds is 9. The smallest absolute Gasteiger partial charge is 0.303 e. The highest BCUT2D eigenvalue weighted by atomic mass is 32.2. The standard InChI is InChI=1S/C19H22N2O5S/c1-14(22)20-16-7-10-18(11-8-16)27(25,26)21-17(9-12-19(23)24)13-15-5-3-2-4-6-15/h2-8,10-11,17,21H,9,12-13H2,1H3,(H,20,22)(H,23,24). The summed E-state index contributed by atoms with van der Waals surface area (Å²) in [6, 6.07) is 14.5. The molecule has 0 heterocycles. The Morgan fingerprint density at radius 1 is 1.04 bits per heavy atom. The Morgan fingerprint density at radius 2 is 1.67 bits per heavy atom. The second-order valence-electron chi connectivity index (χ2n) is 6.15. The molecule has 0 saturated heterocycles. The van der Waals surface area contributed by atoms with E-state index in [9.17, 15) is 18.0 Å². The molecule has 2 aromatic rings. The fourth-order valence-electron chi connectivity index (χ4n) is 2.61. The van der Waals surface area contributed by atoms with Gasteiger partial charge in [-0.1, -0.05) is 30.3 Å². The molecule has 1 amide bonds. The number of aliphatic carboxylic acids is 1. The molecular weight excluding hydrogens is 368 g/mol. The zero-order chi connectivity index (χ0) is 19.9. The molecule has 1 unspecified atom stereocenters. The summed E-state index contributed by atoms with van der Waals surface area (Å²) in [7, 11) is -3.83. The SMILES string of the molecule is CC(=O)Nc1ccc(S(=O)(=O)NC(CCC(=O)O)Cc2ccccc2)cc1. The highest BCUT2D eigenvalue weighted by Gasteiger charge is 2.21. The van der Waals surface area contributed by atoms with Crippen LogP contribution >= 0.6 is 0 Å². The van der Waals surface area contributed by atoms with Crippen LogP contribution in [0.1, 0.15) is 25.3 Å². The maximum Gasteiger partial charge on any atom is 0.303 e. The van der Waals surface area contributed by atoms with E-state index in [1.165, 1.54) is 31.2 Å². The Hall–Kier alpha value is -2.71. The van der Waals surface area contributed by atoms with Crippen LogP contribution in [0.3, 0.4) is 0 Å². The van der Waals surface area contributed by atoms with Gasteiger partial charge in [-0.25, -0.2) is 13.1 Å². The fraction of sp³-hybridized carbons (Fsp3) is 0.263. The zero-order valence-corrected chi connectivity index (χ0v) is 15.7. The number of nitrogens with one attached hydrogen (secondary N) is 2. The molecule has 0 aliphatic carbocycles. The van der Waals surface area contributed by atoms with Crippen molar-refractivity contribution >= 4 is 27.6 Å². The van der Waals surface area contributed by atoms with E-state index in [1.54, 1.807) is 0 Å². The quantitative estimate of drug-likeness (QED) is 0.609. The first-order chi connectivity index (χ1) is 12.8. The van der Waals surface area contributed by atoms with Crippen LogP contribution in [0.25, 0.3) is 0 Å². The molecule has 144 valence electrons. The molecule has 1 atom stereocenters. The van der Waals surface area contributed by atoms with Gasteiger partial charge in [-0.3, -0.25) is 9.59 Å². The van der Waals surface area contributed by atoms with Crippen molar-refractivity contribution in [2.75, 3.05) is 5.32 Å². The molecule has 0 radical (unpaired) electrons. The number of carbonyl (C=O) groups is 2. The molecule has 0 bridgehead atoms. The molecule has 2 rings (SSSR count). The maximum atomic E-state index is 12.7. The van der Waals surface area contributed by atoms with Crippen molar-refractivity contribution < 1.29 is 23.1 Å². The number of sulfonamides is 1. The lowest BCUT2D eigenvalue weighted by Gasteiger charge is -2.18. The second-order valence-corrected chi connectivity index (χ2v) is 7.86. The van der Waals surface area contributed by atoms with Crippen molar-refractivity contribution in [2.24, 2.45) is 0 Å². The third kappa shape index (κ3) is 6.84. The lowest BCUT2D eigenvalue weighted by atomic mass is 10.0. The molecule has 0 aliphatic rings. The first kappa shape index (κ1) is 20.6. The maximum absolute atomic E-state index is 12.7. The van der Waals surface area contributed by atoms with Gasteiger partial charge < -0.3 is 10.4 Å². The molecule has 8 heteroatoms. The van der Waals surface area contributed by atoms with Crippen LogP contribution < -0.4 is 10.0 Å². The van der Waals surface area contributed by atoms with Gasteiger partial charge in [0.2, 0.25) is 15.9 Å². The summed E-state index contributed by atoms with van der Waals surface area (Å²) in [5, 5.41) is 11.5. The van der Waals surface area contributed by atoms with E-state index in [4.69, 9.17) is 5.11 Å². The van der Waals surface area contributed by atoms with Crippen LogP contribution in [-0.4, -0.2) is 31.4 Å². The van der Waals surface area contributed by atoms with Gasteiger partial charge >= 0.3 is 5.97 Å². The van der Waals surface area contributed by atoms with E-state index in [2.05, 4.69) is 10.0 Å². The van der Waals surface area contributed by atoms with Gasteiger partial charge in [0.1, 0.15) is 0 Å². The number of carboxylic acids is 1. The van der Waals surface area contributed by atoms with Crippen molar-refractivity contribution in [3.8, 4) is 0 Å². The van der Waals surface area contributed by atoms with Gasteiger partial charge in [0.05, 0.1) is 4.90 Å². The predicted molar refractivity (Wildman–Crippen MR) is 102 cm³/mol. The van der Waals surface area contributed by atoms with E-state index in [0.29, 0.717) is 12.1 Å². The Bertz CT molecular complexity index is 880. The number of hydrogen-bond donors (Lipinski definition) is 3. The summed E-state index contributed by atoms with van der Waals surface area (Å²) < 4.78 is 27.9. The van der Waals surface area contributed by atoms with E-state index < -0.39 is 22.0 Å². The largest absolute Gasteiger partial charge is 0.481 e. The average molecular weight is 390 g/mol. The van der Waals surface area contributed by atoms with Gasteiger partial charge in [0.25, 0.3) is 0 Å². The first-order valence-electron chi connectivity index (χ1n) is 8.42. The zero-order valence-electron chi connectivity index (χ0n) is 14.9. The van der Waals surface area contributed by atoms with E-state index in [-0.39, 0.29) is 23.6 Å². The first-order valence-corrected chi connectivity index (χ1v) is 9.90. The Kier molecular flexibility index (Phi) is 7.09. The minimum atomic E-state index is -3.83. The van der Waals surface area contributed by atoms with Gasteiger partial charge in [-0.2, -0.15) is 0 Å². The normalized spacial score (nSPS) is 12.3. The minimum Gasteiger partial charge on any atom is -0.481 e. The molecule has 3 N–H and O–H groups in total. The van der Waals surface area contributed by atoms with Gasteiger partial charge in [0, 0.05) is 25.1 Å². The molecule has 0 saturated carbocycles. The molecule has 0 spiro atoms. The van der Waals surface area contributed by atoms with Crippen molar-refractivity contribution in [1.82, 2.24) is 4.72 Å². The topological polar surface area (TPSA) is 113 Å². The summed E-state index contributed by atoms with van der Waals surface area (Å²) in [6.07, 6.45) is 0.423. The molecule has 2 aromatic carbocycles. The summed E-state index contributed by atoms with van der Waals surface area (Å²) in [4.78, 5) is 22.0. The van der Waals surface area contributed by atoms with Crippen LogP contribution in [0.15, 0.2) is 59.5 Å². The second kappa shape index (κ2) is 9.29. The Balaban J connectivity index is 2.15.